The molecule has 1 aliphatic rings. The summed E-state index contributed by atoms with van der Waals surface area (Å²) in [5.74, 6) is -0.246. The van der Waals surface area contributed by atoms with Gasteiger partial charge in [0.05, 0.1) is 25.2 Å². The van der Waals surface area contributed by atoms with Crippen molar-refractivity contribution in [2.45, 2.75) is 13.8 Å². The highest BCUT2D eigenvalue weighted by Gasteiger charge is 2.36. The van der Waals surface area contributed by atoms with Gasteiger partial charge in [-0.3, -0.25) is 19.3 Å². The molecule has 0 unspecified atom stereocenters. The van der Waals surface area contributed by atoms with Gasteiger partial charge in [-0.05, 0) is 73.6 Å². The SMILES string of the molecule is CCOC(=O)COc1ccc(/C=C2/SC(=O)N(CC(=O)Nc3ccc(OC)cc3)C2=O)cc1OCC. The zero-order valence-electron chi connectivity index (χ0n) is 20.1. The third kappa shape index (κ3) is 7.01. The molecule has 0 bridgehead atoms. The molecule has 1 N–H and O–H groups in total. The number of methoxy groups -OCH3 is 1. The maximum atomic E-state index is 12.8. The Morgan fingerprint density at radius 1 is 1.00 bits per heavy atom. The van der Waals surface area contributed by atoms with E-state index in [9.17, 15) is 19.2 Å². The van der Waals surface area contributed by atoms with Gasteiger partial charge >= 0.3 is 5.97 Å². The zero-order chi connectivity index (χ0) is 26.1. The molecule has 3 rings (SSSR count). The van der Waals surface area contributed by atoms with Crippen LogP contribution in [0.2, 0.25) is 0 Å². The Morgan fingerprint density at radius 3 is 2.42 bits per heavy atom. The standard InChI is InChI=1S/C25H26N2O8S/c1-4-33-20-12-16(6-11-19(20)35-15-23(29)34-5-2)13-21-24(30)27(25(31)36-21)14-22(28)26-17-7-9-18(32-3)10-8-17/h6-13H,4-5,14-15H2,1-3H3,(H,26,28)/b21-13+. The molecular formula is C25H26N2O8S. The van der Waals surface area contributed by atoms with Crippen molar-refractivity contribution in [2.24, 2.45) is 0 Å². The molecule has 1 heterocycles. The predicted molar refractivity (Wildman–Crippen MR) is 134 cm³/mol. The Balaban J connectivity index is 1.68. The van der Waals surface area contributed by atoms with Crippen LogP contribution in [-0.4, -0.2) is 61.4 Å². The highest BCUT2D eigenvalue weighted by atomic mass is 32.2. The molecular weight excluding hydrogens is 488 g/mol. The van der Waals surface area contributed by atoms with Crippen molar-refractivity contribution in [3.8, 4) is 17.2 Å². The molecule has 2 aromatic rings. The number of nitrogens with one attached hydrogen (secondary N) is 1. The van der Waals surface area contributed by atoms with E-state index in [1.165, 1.54) is 13.2 Å². The summed E-state index contributed by atoms with van der Waals surface area (Å²) < 4.78 is 21.0. The second-order valence-electron chi connectivity index (χ2n) is 7.28. The molecule has 0 spiro atoms. The van der Waals surface area contributed by atoms with Gasteiger partial charge in [0, 0.05) is 5.69 Å². The van der Waals surface area contributed by atoms with E-state index in [1.807, 2.05) is 0 Å². The molecule has 3 amide bonds. The molecule has 11 heteroatoms. The molecule has 1 saturated heterocycles. The number of imide groups is 1. The van der Waals surface area contributed by atoms with Crippen molar-refractivity contribution in [1.29, 1.82) is 0 Å². The number of amides is 3. The van der Waals surface area contributed by atoms with Crippen LogP contribution in [0.4, 0.5) is 10.5 Å². The van der Waals surface area contributed by atoms with E-state index in [1.54, 1.807) is 56.3 Å². The van der Waals surface area contributed by atoms with Gasteiger partial charge < -0.3 is 24.3 Å². The van der Waals surface area contributed by atoms with E-state index in [0.717, 1.165) is 16.7 Å². The fraction of sp³-hybridized carbons (Fsp3) is 0.280. The number of carbonyl (C=O) groups excluding carboxylic acids is 4. The highest BCUT2D eigenvalue weighted by Crippen LogP contribution is 2.34. The summed E-state index contributed by atoms with van der Waals surface area (Å²) in [5, 5.41) is 2.10. The van der Waals surface area contributed by atoms with Crippen molar-refractivity contribution in [3.63, 3.8) is 0 Å². The van der Waals surface area contributed by atoms with Crippen molar-refractivity contribution >= 4 is 46.5 Å². The minimum atomic E-state index is -0.574. The fourth-order valence-corrected chi connectivity index (χ4v) is 3.99. The summed E-state index contributed by atoms with van der Waals surface area (Å²) in [5.41, 5.74) is 1.09. The Bertz CT molecular complexity index is 1160. The minimum absolute atomic E-state index is 0.167. The lowest BCUT2D eigenvalue weighted by Crippen LogP contribution is -2.36. The van der Waals surface area contributed by atoms with Gasteiger partial charge in [-0.2, -0.15) is 0 Å². The number of benzene rings is 2. The van der Waals surface area contributed by atoms with Crippen molar-refractivity contribution in [3.05, 3.63) is 52.9 Å². The van der Waals surface area contributed by atoms with Crippen LogP contribution in [0.5, 0.6) is 17.2 Å². The van der Waals surface area contributed by atoms with E-state index < -0.39 is 29.6 Å². The molecule has 1 fully saturated rings. The molecule has 2 aromatic carbocycles. The van der Waals surface area contributed by atoms with Gasteiger partial charge in [0.1, 0.15) is 12.3 Å². The lowest BCUT2D eigenvalue weighted by atomic mass is 10.2. The number of thioether (sulfide) groups is 1. The summed E-state index contributed by atoms with van der Waals surface area (Å²) in [7, 11) is 1.53. The van der Waals surface area contributed by atoms with Crippen LogP contribution < -0.4 is 19.5 Å². The molecule has 0 saturated carbocycles. The Labute approximate surface area is 212 Å². The molecule has 1 aliphatic heterocycles. The topological polar surface area (TPSA) is 120 Å². The summed E-state index contributed by atoms with van der Waals surface area (Å²) in [6.07, 6.45) is 1.53. The number of hydrogen-bond donors (Lipinski definition) is 1. The van der Waals surface area contributed by atoms with Crippen LogP contribution >= 0.6 is 11.8 Å². The van der Waals surface area contributed by atoms with Crippen LogP contribution in [0, 0.1) is 0 Å². The van der Waals surface area contributed by atoms with Crippen molar-refractivity contribution < 1.29 is 38.1 Å². The minimum Gasteiger partial charge on any atom is -0.497 e. The summed E-state index contributed by atoms with van der Waals surface area (Å²) in [4.78, 5) is 50.3. The maximum Gasteiger partial charge on any atom is 0.344 e. The van der Waals surface area contributed by atoms with Gasteiger partial charge in [0.15, 0.2) is 18.1 Å². The third-order valence-electron chi connectivity index (χ3n) is 4.77. The number of esters is 1. The molecule has 0 aromatic heterocycles. The van der Waals surface area contributed by atoms with Gasteiger partial charge in [-0.25, -0.2) is 4.79 Å². The molecule has 36 heavy (non-hydrogen) atoms. The first kappa shape index (κ1) is 26.6. The van der Waals surface area contributed by atoms with Gasteiger partial charge in [0.2, 0.25) is 5.91 Å². The van der Waals surface area contributed by atoms with Gasteiger partial charge in [-0.1, -0.05) is 6.07 Å². The first-order chi connectivity index (χ1) is 17.3. The Hall–Kier alpha value is -3.99. The van der Waals surface area contributed by atoms with Crippen LogP contribution in [0.3, 0.4) is 0 Å². The quantitative estimate of drug-likeness (QED) is 0.353. The number of ether oxygens (including phenoxy) is 4. The molecule has 10 nitrogen and oxygen atoms in total. The van der Waals surface area contributed by atoms with E-state index in [4.69, 9.17) is 18.9 Å². The van der Waals surface area contributed by atoms with Gasteiger partial charge in [-0.15, -0.1) is 0 Å². The fourth-order valence-electron chi connectivity index (χ4n) is 3.15. The third-order valence-corrected chi connectivity index (χ3v) is 5.67. The number of rotatable bonds is 11. The lowest BCUT2D eigenvalue weighted by molar-refractivity contribution is -0.145. The summed E-state index contributed by atoms with van der Waals surface area (Å²) >= 11 is 0.742. The smallest absolute Gasteiger partial charge is 0.344 e. The Kier molecular flexibility index (Phi) is 9.34. The van der Waals surface area contributed by atoms with Crippen LogP contribution in [-0.2, 0) is 19.1 Å². The number of carbonyl (C=O) groups is 4. The monoisotopic (exact) mass is 514 g/mol. The molecule has 190 valence electrons. The van der Waals surface area contributed by atoms with E-state index >= 15 is 0 Å². The first-order valence-corrected chi connectivity index (χ1v) is 11.9. The average Bonchev–Trinajstić information content (AvgIpc) is 3.11. The highest BCUT2D eigenvalue weighted by molar-refractivity contribution is 8.18. The predicted octanol–water partition coefficient (Wildman–Crippen LogP) is 3.71. The van der Waals surface area contributed by atoms with Gasteiger partial charge in [0.25, 0.3) is 11.1 Å². The maximum absolute atomic E-state index is 12.8. The molecule has 0 radical (unpaired) electrons. The number of nitrogens with zero attached hydrogens (tertiary/aromatic N) is 1. The van der Waals surface area contributed by atoms with Crippen LogP contribution in [0.1, 0.15) is 19.4 Å². The normalized spacial score (nSPS) is 14.1. The van der Waals surface area contributed by atoms with Crippen molar-refractivity contribution in [2.75, 3.05) is 38.8 Å². The van der Waals surface area contributed by atoms with E-state index in [-0.39, 0.29) is 18.1 Å². The number of hydrogen-bond acceptors (Lipinski definition) is 9. The van der Waals surface area contributed by atoms with Crippen LogP contribution in [0.25, 0.3) is 6.08 Å². The van der Waals surface area contributed by atoms with Crippen molar-refractivity contribution in [1.82, 2.24) is 4.90 Å². The number of anilines is 1. The molecule has 0 aliphatic carbocycles. The second-order valence-corrected chi connectivity index (χ2v) is 8.27. The zero-order valence-corrected chi connectivity index (χ0v) is 20.9. The Morgan fingerprint density at radius 2 is 1.75 bits per heavy atom. The second kappa shape index (κ2) is 12.6. The van der Waals surface area contributed by atoms with E-state index in [2.05, 4.69) is 5.32 Å². The summed E-state index contributed by atoms with van der Waals surface area (Å²) in [6.45, 7) is 3.40. The lowest BCUT2D eigenvalue weighted by Gasteiger charge is -2.13. The largest absolute Gasteiger partial charge is 0.497 e. The molecule has 0 atom stereocenters. The average molecular weight is 515 g/mol. The first-order valence-electron chi connectivity index (χ1n) is 11.1. The van der Waals surface area contributed by atoms with Crippen LogP contribution in [0.15, 0.2) is 47.4 Å². The summed E-state index contributed by atoms with van der Waals surface area (Å²) in [6, 6.07) is 11.6. The van der Waals surface area contributed by atoms with E-state index in [0.29, 0.717) is 35.1 Å².